The molecule has 0 fully saturated rings. The Morgan fingerprint density at radius 3 is 3.00 bits per heavy atom. The lowest BCUT2D eigenvalue weighted by molar-refractivity contribution is 0.0696. The lowest BCUT2D eigenvalue weighted by Gasteiger charge is -1.97. The highest BCUT2D eigenvalue weighted by Crippen LogP contribution is 2.21. The van der Waals surface area contributed by atoms with Crippen LogP contribution in [0.2, 0.25) is 0 Å². The van der Waals surface area contributed by atoms with Gasteiger partial charge in [-0.15, -0.1) is 0 Å². The van der Waals surface area contributed by atoms with Crippen molar-refractivity contribution in [1.29, 1.82) is 0 Å². The second-order valence-corrected chi connectivity index (χ2v) is 3.59. The van der Waals surface area contributed by atoms with Crippen molar-refractivity contribution in [2.75, 3.05) is 0 Å². The first-order chi connectivity index (χ1) is 7.25. The average Bonchev–Trinajstić information content (AvgIpc) is 2.71. The van der Waals surface area contributed by atoms with E-state index in [1.54, 1.807) is 0 Å². The van der Waals surface area contributed by atoms with Crippen LogP contribution in [0.1, 0.15) is 10.4 Å². The van der Waals surface area contributed by atoms with Crippen molar-refractivity contribution in [3.8, 4) is 0 Å². The fraction of sp³-hybridized carbons (Fsp3) is 0. The number of nitrogens with zero attached hydrogens (tertiary/aromatic N) is 3. The Kier molecular flexibility index (Phi) is 2.64. The van der Waals surface area contributed by atoms with Gasteiger partial charge in [0.05, 0.1) is 5.56 Å². The summed E-state index contributed by atoms with van der Waals surface area (Å²) in [6.07, 6.45) is 2.82. The lowest BCUT2D eigenvalue weighted by atomic mass is 10.3. The van der Waals surface area contributed by atoms with Crippen molar-refractivity contribution >= 4 is 17.7 Å². The summed E-state index contributed by atoms with van der Waals surface area (Å²) in [7, 11) is 0. The van der Waals surface area contributed by atoms with Gasteiger partial charge in [0.1, 0.15) is 11.4 Å². The van der Waals surface area contributed by atoms with Crippen molar-refractivity contribution in [2.24, 2.45) is 0 Å². The first-order valence-corrected chi connectivity index (χ1v) is 4.80. The van der Waals surface area contributed by atoms with Gasteiger partial charge in [0.2, 0.25) is 0 Å². The average molecular weight is 222 g/mol. The first-order valence-electron chi connectivity index (χ1n) is 3.98. The van der Waals surface area contributed by atoms with E-state index in [0.717, 1.165) is 0 Å². The van der Waals surface area contributed by atoms with Gasteiger partial charge in [0.15, 0.2) is 5.16 Å². The van der Waals surface area contributed by atoms with Crippen LogP contribution in [0.3, 0.4) is 0 Å². The summed E-state index contributed by atoms with van der Waals surface area (Å²) in [5, 5.41) is 16.2. The van der Waals surface area contributed by atoms with Crippen LogP contribution in [0, 0.1) is 0 Å². The van der Waals surface area contributed by atoms with Crippen LogP contribution in [0.25, 0.3) is 0 Å². The van der Waals surface area contributed by atoms with Gasteiger partial charge in [-0.3, -0.25) is 5.10 Å². The van der Waals surface area contributed by atoms with Crippen LogP contribution in [-0.4, -0.2) is 31.2 Å². The number of aromatic nitrogens is 4. The van der Waals surface area contributed by atoms with Crippen LogP contribution in [0.5, 0.6) is 0 Å². The van der Waals surface area contributed by atoms with E-state index in [4.69, 9.17) is 5.11 Å². The topological polar surface area (TPSA) is 91.8 Å². The summed E-state index contributed by atoms with van der Waals surface area (Å²) in [6.45, 7) is 0. The SMILES string of the molecule is O=C(O)c1ccnc(Sc2ncn[nH]2)c1. The quantitative estimate of drug-likeness (QED) is 0.806. The van der Waals surface area contributed by atoms with Gasteiger partial charge in [-0.2, -0.15) is 5.10 Å². The zero-order valence-corrected chi connectivity index (χ0v) is 8.23. The first kappa shape index (κ1) is 9.66. The normalized spacial score (nSPS) is 10.1. The van der Waals surface area contributed by atoms with Gasteiger partial charge >= 0.3 is 5.97 Å². The Bertz CT molecular complexity index is 471. The molecule has 0 aromatic carbocycles. The van der Waals surface area contributed by atoms with Crippen LogP contribution in [0.4, 0.5) is 0 Å². The molecule has 2 heterocycles. The van der Waals surface area contributed by atoms with E-state index in [1.807, 2.05) is 0 Å². The number of carbonyl (C=O) groups is 1. The fourth-order valence-corrected chi connectivity index (χ4v) is 1.64. The highest BCUT2D eigenvalue weighted by molar-refractivity contribution is 7.99. The highest BCUT2D eigenvalue weighted by atomic mass is 32.2. The molecule has 0 aliphatic heterocycles. The minimum absolute atomic E-state index is 0.201. The van der Waals surface area contributed by atoms with Gasteiger partial charge in [0, 0.05) is 6.20 Å². The predicted molar refractivity (Wildman–Crippen MR) is 51.7 cm³/mol. The third kappa shape index (κ3) is 2.32. The summed E-state index contributed by atoms with van der Waals surface area (Å²) >= 11 is 1.22. The molecule has 15 heavy (non-hydrogen) atoms. The van der Waals surface area contributed by atoms with Gasteiger partial charge in [-0.25, -0.2) is 14.8 Å². The largest absolute Gasteiger partial charge is 0.478 e. The zero-order valence-electron chi connectivity index (χ0n) is 7.41. The summed E-state index contributed by atoms with van der Waals surface area (Å²) in [5.74, 6) is -0.975. The fourth-order valence-electron chi connectivity index (χ4n) is 0.941. The molecule has 2 N–H and O–H groups in total. The number of aromatic amines is 1. The standard InChI is InChI=1S/C8H6N4O2S/c13-7(14)5-1-2-9-6(3-5)15-8-10-4-11-12-8/h1-4H,(H,13,14)(H,10,11,12). The third-order valence-corrected chi connectivity index (χ3v) is 2.40. The number of aromatic carboxylic acids is 1. The number of carboxylic acids is 1. The maximum Gasteiger partial charge on any atom is 0.335 e. The molecule has 0 aliphatic rings. The van der Waals surface area contributed by atoms with E-state index in [9.17, 15) is 4.79 Å². The third-order valence-electron chi connectivity index (χ3n) is 1.58. The molecule has 0 aliphatic carbocycles. The Balaban J connectivity index is 2.22. The van der Waals surface area contributed by atoms with E-state index in [-0.39, 0.29) is 5.56 Å². The van der Waals surface area contributed by atoms with E-state index >= 15 is 0 Å². The Hall–Kier alpha value is -1.89. The smallest absolute Gasteiger partial charge is 0.335 e. The molecule has 2 aromatic rings. The number of nitrogens with one attached hydrogen (secondary N) is 1. The monoisotopic (exact) mass is 222 g/mol. The molecule has 2 aromatic heterocycles. The molecule has 6 nitrogen and oxygen atoms in total. The minimum Gasteiger partial charge on any atom is -0.478 e. The molecular formula is C8H6N4O2S. The van der Waals surface area contributed by atoms with Crippen molar-refractivity contribution in [3.05, 3.63) is 30.2 Å². The van der Waals surface area contributed by atoms with Crippen molar-refractivity contribution in [3.63, 3.8) is 0 Å². The number of carboxylic acid groups (broad SMARTS) is 1. The van der Waals surface area contributed by atoms with E-state index in [2.05, 4.69) is 20.2 Å². The second kappa shape index (κ2) is 4.09. The summed E-state index contributed by atoms with van der Waals surface area (Å²) < 4.78 is 0. The molecule has 0 spiro atoms. The molecule has 0 saturated heterocycles. The maximum absolute atomic E-state index is 10.7. The zero-order chi connectivity index (χ0) is 10.7. The van der Waals surface area contributed by atoms with Gasteiger partial charge in [0.25, 0.3) is 0 Å². The molecule has 0 unspecified atom stereocenters. The van der Waals surface area contributed by atoms with Crippen LogP contribution < -0.4 is 0 Å². The number of H-pyrrole nitrogens is 1. The number of hydrogen-bond acceptors (Lipinski definition) is 5. The van der Waals surface area contributed by atoms with E-state index in [0.29, 0.717) is 10.2 Å². The van der Waals surface area contributed by atoms with Crippen LogP contribution in [0.15, 0.2) is 34.8 Å². The predicted octanol–water partition coefficient (Wildman–Crippen LogP) is 1.05. The van der Waals surface area contributed by atoms with E-state index < -0.39 is 5.97 Å². The molecule has 7 heteroatoms. The van der Waals surface area contributed by atoms with Gasteiger partial charge in [-0.1, -0.05) is 0 Å². The molecule has 0 amide bonds. The summed E-state index contributed by atoms with van der Waals surface area (Å²) in [4.78, 5) is 18.6. The Labute approximate surface area is 88.8 Å². The highest BCUT2D eigenvalue weighted by Gasteiger charge is 2.06. The van der Waals surface area contributed by atoms with Gasteiger partial charge < -0.3 is 5.11 Å². The Morgan fingerprint density at radius 2 is 2.33 bits per heavy atom. The molecule has 76 valence electrons. The molecule has 0 radical (unpaired) electrons. The lowest BCUT2D eigenvalue weighted by Crippen LogP contribution is -1.96. The Morgan fingerprint density at radius 1 is 1.47 bits per heavy atom. The minimum atomic E-state index is -0.975. The number of pyridine rings is 1. The van der Waals surface area contributed by atoms with Crippen molar-refractivity contribution < 1.29 is 9.90 Å². The van der Waals surface area contributed by atoms with Crippen LogP contribution in [-0.2, 0) is 0 Å². The molecule has 0 atom stereocenters. The molecule has 0 saturated carbocycles. The van der Waals surface area contributed by atoms with Crippen molar-refractivity contribution in [2.45, 2.75) is 10.2 Å². The maximum atomic E-state index is 10.7. The molecule has 0 bridgehead atoms. The van der Waals surface area contributed by atoms with E-state index in [1.165, 1.54) is 36.4 Å². The number of hydrogen-bond donors (Lipinski definition) is 2. The van der Waals surface area contributed by atoms with Gasteiger partial charge in [-0.05, 0) is 23.9 Å². The summed E-state index contributed by atoms with van der Waals surface area (Å²) in [6, 6.07) is 2.92. The molecular weight excluding hydrogens is 216 g/mol. The molecule has 2 rings (SSSR count). The summed E-state index contributed by atoms with van der Waals surface area (Å²) in [5.41, 5.74) is 0.201. The van der Waals surface area contributed by atoms with Crippen LogP contribution >= 0.6 is 11.8 Å². The van der Waals surface area contributed by atoms with Crippen molar-refractivity contribution in [1.82, 2.24) is 20.2 Å². The number of rotatable bonds is 3. The second-order valence-electron chi connectivity index (χ2n) is 2.58.